The number of rotatable bonds is 3. The van der Waals surface area contributed by atoms with Crippen LogP contribution in [0.2, 0.25) is 0 Å². The molecule has 1 aliphatic rings. The van der Waals surface area contributed by atoms with Gasteiger partial charge in [-0.25, -0.2) is 13.4 Å². The maximum absolute atomic E-state index is 12.4. The second-order valence-corrected chi connectivity index (χ2v) is 9.88. The molecule has 0 spiro atoms. The van der Waals surface area contributed by atoms with Crippen molar-refractivity contribution in [3.05, 3.63) is 40.9 Å². The van der Waals surface area contributed by atoms with E-state index in [1.54, 1.807) is 30.3 Å². The number of benzene rings is 1. The summed E-state index contributed by atoms with van der Waals surface area (Å²) in [5.74, 6) is 0.619. The van der Waals surface area contributed by atoms with Gasteiger partial charge in [0.15, 0.2) is 5.13 Å². The molecule has 23 heavy (non-hydrogen) atoms. The maximum Gasteiger partial charge on any atom is 0.263 e. The van der Waals surface area contributed by atoms with Crippen LogP contribution in [-0.4, -0.2) is 13.4 Å². The quantitative estimate of drug-likeness (QED) is 0.907. The number of nitrogens with zero attached hydrogens (tertiary/aromatic N) is 1. The van der Waals surface area contributed by atoms with Crippen molar-refractivity contribution in [2.75, 3.05) is 4.72 Å². The topological polar surface area (TPSA) is 59.1 Å². The summed E-state index contributed by atoms with van der Waals surface area (Å²) in [6, 6.07) is 8.41. The summed E-state index contributed by atoms with van der Waals surface area (Å²) >= 11 is 1.48. The molecule has 4 nitrogen and oxygen atoms in total. The molecule has 0 saturated heterocycles. The molecule has 1 atom stereocenters. The first-order chi connectivity index (χ1) is 10.8. The number of aromatic nitrogens is 1. The molecule has 6 heteroatoms. The highest BCUT2D eigenvalue weighted by molar-refractivity contribution is 7.93. The number of hydrogen-bond acceptors (Lipinski definition) is 4. The lowest BCUT2D eigenvalue weighted by molar-refractivity contribution is 0.217. The summed E-state index contributed by atoms with van der Waals surface area (Å²) < 4.78 is 27.4. The highest BCUT2D eigenvalue weighted by Gasteiger charge is 2.31. The van der Waals surface area contributed by atoms with Crippen molar-refractivity contribution < 1.29 is 8.42 Å². The Hall–Kier alpha value is -1.40. The average Bonchev–Trinajstić information content (AvgIpc) is 2.87. The van der Waals surface area contributed by atoms with Crippen LogP contribution in [0.4, 0.5) is 5.13 Å². The van der Waals surface area contributed by atoms with Gasteiger partial charge in [0.2, 0.25) is 0 Å². The molecule has 0 fully saturated rings. The highest BCUT2D eigenvalue weighted by atomic mass is 32.2. The lowest BCUT2D eigenvalue weighted by Gasteiger charge is -2.33. The maximum atomic E-state index is 12.4. The Morgan fingerprint density at radius 2 is 1.91 bits per heavy atom. The SMILES string of the molecule is CC(C)(C)C1CCc2nc(NS(=O)(=O)c3ccccc3)sc2C1. The van der Waals surface area contributed by atoms with E-state index >= 15 is 0 Å². The van der Waals surface area contributed by atoms with E-state index in [0.29, 0.717) is 11.0 Å². The van der Waals surface area contributed by atoms with Crippen LogP contribution in [0.15, 0.2) is 35.2 Å². The van der Waals surface area contributed by atoms with Crippen molar-refractivity contribution in [2.24, 2.45) is 11.3 Å². The standard InChI is InChI=1S/C17H22N2O2S2/c1-17(2,3)12-9-10-14-15(11-12)22-16(18-14)19-23(20,21)13-7-5-4-6-8-13/h4-8,12H,9-11H2,1-3H3,(H,18,19). The Balaban J connectivity index is 1.81. The number of fused-ring (bicyclic) bond motifs is 1. The molecule has 0 radical (unpaired) electrons. The van der Waals surface area contributed by atoms with Crippen molar-refractivity contribution in [2.45, 2.75) is 44.9 Å². The monoisotopic (exact) mass is 350 g/mol. The lowest BCUT2D eigenvalue weighted by Crippen LogP contribution is -2.26. The zero-order valence-electron chi connectivity index (χ0n) is 13.7. The van der Waals surface area contributed by atoms with Gasteiger partial charge in [-0.1, -0.05) is 39.0 Å². The van der Waals surface area contributed by atoms with Crippen LogP contribution in [0.3, 0.4) is 0 Å². The molecule has 1 unspecified atom stereocenters. The van der Waals surface area contributed by atoms with Gasteiger partial charge >= 0.3 is 0 Å². The van der Waals surface area contributed by atoms with E-state index < -0.39 is 10.0 Å². The molecule has 124 valence electrons. The van der Waals surface area contributed by atoms with E-state index in [1.807, 2.05) is 0 Å². The smallest absolute Gasteiger partial charge is 0.255 e. The van der Waals surface area contributed by atoms with Crippen molar-refractivity contribution in [3.8, 4) is 0 Å². The lowest BCUT2D eigenvalue weighted by atomic mass is 9.73. The molecule has 1 aromatic heterocycles. The number of nitrogens with one attached hydrogen (secondary N) is 1. The second-order valence-electron chi connectivity index (χ2n) is 7.11. The first-order valence-corrected chi connectivity index (χ1v) is 10.1. The highest BCUT2D eigenvalue weighted by Crippen LogP contribution is 2.40. The van der Waals surface area contributed by atoms with E-state index in [0.717, 1.165) is 25.0 Å². The van der Waals surface area contributed by atoms with Gasteiger partial charge in [-0.05, 0) is 42.7 Å². The van der Waals surface area contributed by atoms with E-state index in [1.165, 1.54) is 16.2 Å². The minimum absolute atomic E-state index is 0.265. The average molecular weight is 351 g/mol. The van der Waals surface area contributed by atoms with Crippen molar-refractivity contribution in [1.82, 2.24) is 4.98 Å². The van der Waals surface area contributed by atoms with Crippen molar-refractivity contribution in [3.63, 3.8) is 0 Å². The summed E-state index contributed by atoms with van der Waals surface area (Å²) in [6.07, 6.45) is 3.04. The summed E-state index contributed by atoms with van der Waals surface area (Å²) in [6.45, 7) is 6.80. The molecule has 0 aliphatic heterocycles. The van der Waals surface area contributed by atoms with Crippen LogP contribution in [0, 0.1) is 11.3 Å². The minimum atomic E-state index is -3.56. The molecule has 1 N–H and O–H groups in total. The predicted octanol–water partition coefficient (Wildman–Crippen LogP) is 4.09. The van der Waals surface area contributed by atoms with Crippen LogP contribution >= 0.6 is 11.3 Å². The summed E-state index contributed by atoms with van der Waals surface area (Å²) in [4.78, 5) is 5.99. The second kappa shape index (κ2) is 5.91. The van der Waals surface area contributed by atoms with Crippen LogP contribution in [-0.2, 0) is 22.9 Å². The summed E-state index contributed by atoms with van der Waals surface area (Å²) in [5.41, 5.74) is 1.33. The van der Waals surface area contributed by atoms with Gasteiger partial charge in [-0.2, -0.15) is 0 Å². The van der Waals surface area contributed by atoms with E-state index in [4.69, 9.17) is 0 Å². The van der Waals surface area contributed by atoms with Gasteiger partial charge in [0.05, 0.1) is 10.6 Å². The largest absolute Gasteiger partial charge is 0.263 e. The van der Waals surface area contributed by atoms with Crippen LogP contribution in [0.5, 0.6) is 0 Å². The molecule has 3 rings (SSSR count). The van der Waals surface area contributed by atoms with Gasteiger partial charge in [0.25, 0.3) is 10.0 Å². The number of sulfonamides is 1. The van der Waals surface area contributed by atoms with Gasteiger partial charge in [0.1, 0.15) is 0 Å². The van der Waals surface area contributed by atoms with E-state index in [9.17, 15) is 8.42 Å². The van der Waals surface area contributed by atoms with Crippen LogP contribution in [0.25, 0.3) is 0 Å². The fraction of sp³-hybridized carbons (Fsp3) is 0.471. The normalized spacial score (nSPS) is 18.5. The van der Waals surface area contributed by atoms with Gasteiger partial charge in [-0.3, -0.25) is 4.72 Å². The molecule has 2 aromatic rings. The Labute approximate surface area is 142 Å². The third-order valence-electron chi connectivity index (χ3n) is 4.44. The van der Waals surface area contributed by atoms with Crippen LogP contribution in [0.1, 0.15) is 37.8 Å². The number of hydrogen-bond donors (Lipinski definition) is 1. The zero-order chi connectivity index (χ0) is 16.7. The Kier molecular flexibility index (Phi) is 4.23. The molecule has 0 saturated carbocycles. The summed E-state index contributed by atoms with van der Waals surface area (Å²) in [7, 11) is -3.56. The molecule has 1 aliphatic carbocycles. The van der Waals surface area contributed by atoms with Crippen LogP contribution < -0.4 is 4.72 Å². The number of aryl methyl sites for hydroxylation is 1. The Bertz CT molecular complexity index is 790. The predicted molar refractivity (Wildman–Crippen MR) is 94.3 cm³/mol. The minimum Gasteiger partial charge on any atom is -0.255 e. The molecular weight excluding hydrogens is 328 g/mol. The molecule has 0 bridgehead atoms. The van der Waals surface area contributed by atoms with Gasteiger partial charge in [0, 0.05) is 4.88 Å². The fourth-order valence-corrected chi connectivity index (χ4v) is 5.28. The third-order valence-corrected chi connectivity index (χ3v) is 6.96. The Morgan fingerprint density at radius 3 is 2.57 bits per heavy atom. The van der Waals surface area contributed by atoms with E-state index in [-0.39, 0.29) is 10.3 Å². The van der Waals surface area contributed by atoms with E-state index in [2.05, 4.69) is 30.5 Å². The molecule has 1 heterocycles. The van der Waals surface area contributed by atoms with Gasteiger partial charge < -0.3 is 0 Å². The molecule has 1 aromatic carbocycles. The van der Waals surface area contributed by atoms with Crippen molar-refractivity contribution >= 4 is 26.5 Å². The van der Waals surface area contributed by atoms with Gasteiger partial charge in [-0.15, -0.1) is 11.3 Å². The first kappa shape index (κ1) is 16.5. The first-order valence-electron chi connectivity index (χ1n) is 7.82. The Morgan fingerprint density at radius 1 is 1.22 bits per heavy atom. The third kappa shape index (κ3) is 3.58. The summed E-state index contributed by atoms with van der Waals surface area (Å²) in [5, 5.41) is 0.480. The zero-order valence-corrected chi connectivity index (χ0v) is 15.3. The number of anilines is 1. The van der Waals surface area contributed by atoms with Crippen molar-refractivity contribution in [1.29, 1.82) is 0 Å². The number of thiazole rings is 1. The molecule has 0 amide bonds. The molecular formula is C17H22N2O2S2. The fourth-order valence-electron chi connectivity index (χ4n) is 2.93.